The van der Waals surface area contributed by atoms with Crippen molar-refractivity contribution >= 4 is 28.3 Å². The first-order valence-corrected chi connectivity index (χ1v) is 5.03. The number of carbonyl (C=O) groups is 1. The maximum atomic E-state index is 11.4. The van der Waals surface area contributed by atoms with Crippen molar-refractivity contribution in [2.45, 2.75) is 13.8 Å². The lowest BCUT2D eigenvalue weighted by Crippen LogP contribution is -1.97. The number of hydrogen-bond donors (Lipinski definition) is 0. The largest absolute Gasteiger partial charge is 0.294 e. The van der Waals surface area contributed by atoms with E-state index in [-0.39, 0.29) is 5.78 Å². The molecule has 1 heterocycles. The van der Waals surface area contributed by atoms with Crippen LogP contribution in [0.25, 0.3) is 10.9 Å². The Labute approximate surface area is 92.9 Å². The molecule has 0 aliphatic carbocycles. The minimum atomic E-state index is -0.0537. The van der Waals surface area contributed by atoms with Crippen LogP contribution >= 0.6 is 11.6 Å². The van der Waals surface area contributed by atoms with Gasteiger partial charge in [-0.2, -0.15) is 0 Å². The van der Waals surface area contributed by atoms with Crippen molar-refractivity contribution in [2.24, 2.45) is 0 Å². The second-order valence-electron chi connectivity index (χ2n) is 3.56. The van der Waals surface area contributed by atoms with Gasteiger partial charge in [0.1, 0.15) is 0 Å². The highest BCUT2D eigenvalue weighted by Gasteiger charge is 2.11. The number of rotatable bonds is 1. The molecule has 0 atom stereocenters. The van der Waals surface area contributed by atoms with Gasteiger partial charge in [-0.3, -0.25) is 9.78 Å². The highest BCUT2D eigenvalue weighted by atomic mass is 35.5. The topological polar surface area (TPSA) is 30.0 Å². The number of Topliss-reactive ketones (excluding diaryl/α,β-unsaturated/α-hetero) is 1. The van der Waals surface area contributed by atoms with Gasteiger partial charge in [0.25, 0.3) is 0 Å². The van der Waals surface area contributed by atoms with Crippen molar-refractivity contribution < 1.29 is 4.79 Å². The van der Waals surface area contributed by atoms with Gasteiger partial charge < -0.3 is 0 Å². The number of pyridine rings is 1. The quantitative estimate of drug-likeness (QED) is 0.688. The Morgan fingerprint density at radius 3 is 2.80 bits per heavy atom. The van der Waals surface area contributed by atoms with Gasteiger partial charge in [-0.15, -0.1) is 0 Å². The zero-order chi connectivity index (χ0) is 11.0. The van der Waals surface area contributed by atoms with Crippen LogP contribution in [0, 0.1) is 6.92 Å². The third-order valence-electron chi connectivity index (χ3n) is 2.29. The molecule has 1 aromatic carbocycles. The zero-order valence-corrected chi connectivity index (χ0v) is 9.30. The number of nitrogens with zero attached hydrogens (tertiary/aromatic N) is 1. The predicted molar refractivity (Wildman–Crippen MR) is 61.5 cm³/mol. The summed E-state index contributed by atoms with van der Waals surface area (Å²) in [6, 6.07) is 5.61. The number of aromatic nitrogens is 1. The lowest BCUT2D eigenvalue weighted by molar-refractivity contribution is 0.101. The summed E-state index contributed by atoms with van der Waals surface area (Å²) in [4.78, 5) is 15.7. The molecule has 2 rings (SSSR count). The number of fused-ring (bicyclic) bond motifs is 1. The van der Waals surface area contributed by atoms with Crippen LogP contribution in [0.2, 0.25) is 5.02 Å². The minimum Gasteiger partial charge on any atom is -0.294 e. The summed E-state index contributed by atoms with van der Waals surface area (Å²) in [6.45, 7) is 3.47. The van der Waals surface area contributed by atoms with Gasteiger partial charge in [0.05, 0.1) is 16.1 Å². The number of ketones is 1. The van der Waals surface area contributed by atoms with Crippen molar-refractivity contribution in [2.75, 3.05) is 0 Å². The monoisotopic (exact) mass is 219 g/mol. The second kappa shape index (κ2) is 3.63. The molecular weight excluding hydrogens is 210 g/mol. The minimum absolute atomic E-state index is 0.0537. The average Bonchev–Trinajstić information content (AvgIpc) is 2.17. The van der Waals surface area contributed by atoms with Crippen LogP contribution in [-0.2, 0) is 0 Å². The van der Waals surface area contributed by atoms with E-state index in [2.05, 4.69) is 4.98 Å². The maximum absolute atomic E-state index is 11.4. The Morgan fingerprint density at radius 2 is 2.13 bits per heavy atom. The summed E-state index contributed by atoms with van der Waals surface area (Å²) in [6.07, 6.45) is 1.74. The van der Waals surface area contributed by atoms with Crippen LogP contribution in [0.15, 0.2) is 24.4 Å². The molecule has 2 nitrogen and oxygen atoms in total. The van der Waals surface area contributed by atoms with Gasteiger partial charge in [-0.1, -0.05) is 17.7 Å². The fourth-order valence-corrected chi connectivity index (χ4v) is 1.91. The van der Waals surface area contributed by atoms with Gasteiger partial charge in [-0.05, 0) is 31.5 Å². The zero-order valence-electron chi connectivity index (χ0n) is 8.54. The van der Waals surface area contributed by atoms with Crippen LogP contribution < -0.4 is 0 Å². The Bertz CT molecular complexity index is 549. The van der Waals surface area contributed by atoms with Gasteiger partial charge in [-0.25, -0.2) is 0 Å². The number of hydrogen-bond acceptors (Lipinski definition) is 2. The van der Waals surface area contributed by atoms with Gasteiger partial charge in [0, 0.05) is 11.6 Å². The molecule has 0 saturated carbocycles. The van der Waals surface area contributed by atoms with Crippen molar-refractivity contribution in [3.05, 3.63) is 40.5 Å². The Hall–Kier alpha value is -1.41. The molecular formula is C12H10ClNO. The molecule has 0 bridgehead atoms. The lowest BCUT2D eigenvalue weighted by Gasteiger charge is -2.05. The normalized spacial score (nSPS) is 10.6. The number of halogens is 1. The van der Waals surface area contributed by atoms with Crippen molar-refractivity contribution in [1.29, 1.82) is 0 Å². The first kappa shape index (κ1) is 10.1. The molecule has 0 fully saturated rings. The van der Waals surface area contributed by atoms with Gasteiger partial charge in [0.15, 0.2) is 5.78 Å². The van der Waals surface area contributed by atoms with Crippen LogP contribution in [0.1, 0.15) is 22.8 Å². The average molecular weight is 220 g/mol. The first-order valence-electron chi connectivity index (χ1n) is 4.65. The summed E-state index contributed by atoms with van der Waals surface area (Å²) in [5.74, 6) is -0.0537. The summed E-state index contributed by atoms with van der Waals surface area (Å²) < 4.78 is 0. The van der Waals surface area contributed by atoms with E-state index in [0.717, 1.165) is 10.9 Å². The molecule has 0 spiro atoms. The standard InChI is InChI=1S/C12H10ClNO/c1-7-5-9-3-4-10(13)11(8(2)15)12(9)14-6-7/h3-6H,1-2H3. The highest BCUT2D eigenvalue weighted by molar-refractivity contribution is 6.35. The molecule has 76 valence electrons. The number of carbonyl (C=O) groups excluding carboxylic acids is 1. The molecule has 0 radical (unpaired) electrons. The third kappa shape index (κ3) is 1.73. The summed E-state index contributed by atoms with van der Waals surface area (Å²) >= 11 is 5.98. The number of benzene rings is 1. The molecule has 2 aromatic rings. The lowest BCUT2D eigenvalue weighted by atomic mass is 10.1. The second-order valence-corrected chi connectivity index (χ2v) is 3.97. The Balaban J connectivity index is 2.88. The fraction of sp³-hybridized carbons (Fsp3) is 0.167. The van der Waals surface area contributed by atoms with Gasteiger partial charge in [0.2, 0.25) is 0 Å². The summed E-state index contributed by atoms with van der Waals surface area (Å²) in [5, 5.41) is 1.41. The molecule has 0 unspecified atom stereocenters. The SMILES string of the molecule is CC(=O)c1c(Cl)ccc2cc(C)cnc12. The number of aryl methyl sites for hydroxylation is 1. The van der Waals surface area contributed by atoms with Crippen LogP contribution in [0.3, 0.4) is 0 Å². The smallest absolute Gasteiger partial charge is 0.163 e. The van der Waals surface area contributed by atoms with E-state index in [1.54, 1.807) is 12.3 Å². The fourth-order valence-electron chi connectivity index (χ4n) is 1.62. The molecule has 0 amide bonds. The molecule has 3 heteroatoms. The molecule has 0 aliphatic rings. The van der Waals surface area contributed by atoms with Crippen molar-refractivity contribution in [1.82, 2.24) is 4.98 Å². The van der Waals surface area contributed by atoms with Crippen molar-refractivity contribution in [3.63, 3.8) is 0 Å². The highest BCUT2D eigenvalue weighted by Crippen LogP contribution is 2.25. The van der Waals surface area contributed by atoms with Crippen LogP contribution in [-0.4, -0.2) is 10.8 Å². The Kier molecular flexibility index (Phi) is 2.45. The van der Waals surface area contributed by atoms with E-state index in [1.165, 1.54) is 6.92 Å². The van der Waals surface area contributed by atoms with E-state index in [0.29, 0.717) is 16.1 Å². The van der Waals surface area contributed by atoms with Crippen LogP contribution in [0.4, 0.5) is 0 Å². The van der Waals surface area contributed by atoms with Crippen LogP contribution in [0.5, 0.6) is 0 Å². The molecule has 0 saturated heterocycles. The van der Waals surface area contributed by atoms with E-state index in [1.807, 2.05) is 19.1 Å². The first-order chi connectivity index (χ1) is 7.09. The summed E-state index contributed by atoms with van der Waals surface area (Å²) in [5.41, 5.74) is 2.26. The molecule has 1 aromatic heterocycles. The summed E-state index contributed by atoms with van der Waals surface area (Å²) in [7, 11) is 0. The van der Waals surface area contributed by atoms with E-state index >= 15 is 0 Å². The predicted octanol–water partition coefficient (Wildman–Crippen LogP) is 3.40. The molecule has 0 aliphatic heterocycles. The van der Waals surface area contributed by atoms with E-state index in [4.69, 9.17) is 11.6 Å². The van der Waals surface area contributed by atoms with E-state index < -0.39 is 0 Å². The van der Waals surface area contributed by atoms with E-state index in [9.17, 15) is 4.79 Å². The molecule has 0 N–H and O–H groups in total. The third-order valence-corrected chi connectivity index (χ3v) is 2.61. The molecule has 15 heavy (non-hydrogen) atoms. The maximum Gasteiger partial charge on any atom is 0.163 e. The van der Waals surface area contributed by atoms with Crippen molar-refractivity contribution in [3.8, 4) is 0 Å². The van der Waals surface area contributed by atoms with Gasteiger partial charge >= 0.3 is 0 Å². The Morgan fingerprint density at radius 1 is 1.40 bits per heavy atom.